The molecule has 0 bridgehead atoms. The van der Waals surface area contributed by atoms with Crippen LogP contribution in [0.4, 0.5) is 5.69 Å². The summed E-state index contributed by atoms with van der Waals surface area (Å²) >= 11 is 5.34. The molecule has 0 amide bonds. The second kappa shape index (κ2) is 5.15. The number of nitrogens with one attached hydrogen (secondary N) is 1. The Bertz CT molecular complexity index is 531. The van der Waals surface area contributed by atoms with Gasteiger partial charge < -0.3 is 10.2 Å². The second-order valence-corrected chi connectivity index (χ2v) is 4.18. The Kier molecular flexibility index (Phi) is 3.59. The Morgan fingerprint density at radius 3 is 2.59 bits per heavy atom. The van der Waals surface area contributed by atoms with Crippen LogP contribution in [0.25, 0.3) is 10.8 Å². The number of benzene rings is 2. The highest BCUT2D eigenvalue weighted by Gasteiger charge is 2.11. The van der Waals surface area contributed by atoms with E-state index in [1.807, 2.05) is 7.05 Å². The third-order valence-electron chi connectivity index (χ3n) is 2.83. The molecule has 0 spiro atoms. The summed E-state index contributed by atoms with van der Waals surface area (Å²) in [6, 6.07) is 14.7. The third-order valence-corrected chi connectivity index (χ3v) is 3.26. The van der Waals surface area contributed by atoms with Crippen molar-refractivity contribution in [3.8, 4) is 0 Å². The lowest BCUT2D eigenvalue weighted by molar-refractivity contribution is 1.02. The molecule has 0 heterocycles. The zero-order valence-corrected chi connectivity index (χ0v) is 10.9. The predicted octanol–water partition coefficient (Wildman–Crippen LogP) is 3.17. The minimum atomic E-state index is 0.754. The van der Waals surface area contributed by atoms with Crippen LogP contribution < -0.4 is 10.2 Å². The van der Waals surface area contributed by atoms with Crippen molar-refractivity contribution in [3.63, 3.8) is 0 Å². The van der Waals surface area contributed by atoms with Crippen molar-refractivity contribution in [2.24, 2.45) is 0 Å². The van der Waals surface area contributed by atoms with Crippen LogP contribution >= 0.6 is 12.2 Å². The molecule has 2 nitrogen and oxygen atoms in total. The molecule has 0 atom stereocenters. The summed E-state index contributed by atoms with van der Waals surface area (Å²) in [4.78, 5) is 2.11. The molecule has 2 rings (SSSR count). The molecule has 0 aliphatic rings. The van der Waals surface area contributed by atoms with Gasteiger partial charge in [0.05, 0.1) is 5.69 Å². The number of anilines is 1. The van der Waals surface area contributed by atoms with Crippen molar-refractivity contribution in [2.75, 3.05) is 18.5 Å². The molecule has 2 aromatic carbocycles. The van der Waals surface area contributed by atoms with Gasteiger partial charge in [-0.15, -0.1) is 0 Å². The molecule has 2 aromatic rings. The Balaban J connectivity index is 2.57. The van der Waals surface area contributed by atoms with Gasteiger partial charge >= 0.3 is 0 Å². The van der Waals surface area contributed by atoms with Gasteiger partial charge in [0, 0.05) is 19.0 Å². The van der Waals surface area contributed by atoms with E-state index < -0.39 is 0 Å². The first-order valence-electron chi connectivity index (χ1n) is 5.75. The molecule has 0 saturated carbocycles. The maximum absolute atomic E-state index is 5.34. The molecule has 0 fully saturated rings. The summed E-state index contributed by atoms with van der Waals surface area (Å²) in [5, 5.41) is 6.26. The summed E-state index contributed by atoms with van der Waals surface area (Å²) < 4.78 is 0. The minimum Gasteiger partial charge on any atom is -0.365 e. The zero-order chi connectivity index (χ0) is 12.3. The predicted molar refractivity (Wildman–Crippen MR) is 78.6 cm³/mol. The summed E-state index contributed by atoms with van der Waals surface area (Å²) in [5.74, 6) is 0. The van der Waals surface area contributed by atoms with Crippen LogP contribution in [0.1, 0.15) is 6.92 Å². The van der Waals surface area contributed by atoms with Gasteiger partial charge in [0.25, 0.3) is 0 Å². The summed E-state index contributed by atoms with van der Waals surface area (Å²) in [6.45, 7) is 2.96. The van der Waals surface area contributed by atoms with E-state index in [9.17, 15) is 0 Å². The Morgan fingerprint density at radius 2 is 1.88 bits per heavy atom. The van der Waals surface area contributed by atoms with Crippen LogP contribution in [0.15, 0.2) is 42.5 Å². The van der Waals surface area contributed by atoms with Crippen LogP contribution in [0.5, 0.6) is 0 Å². The highest BCUT2D eigenvalue weighted by Crippen LogP contribution is 2.26. The lowest BCUT2D eigenvalue weighted by Gasteiger charge is -2.24. The average molecular weight is 244 g/mol. The first-order chi connectivity index (χ1) is 8.27. The molecule has 88 valence electrons. The standard InChI is InChI=1S/C14H16N2S/c1-3-16(14(17)15-2)13-10-6-8-11-7-4-5-9-12(11)13/h4-10H,3H2,1-2H3,(H,15,17). The van der Waals surface area contributed by atoms with Crippen LogP contribution in [-0.2, 0) is 0 Å². The SMILES string of the molecule is CCN(C(=S)NC)c1cccc2ccccc12. The van der Waals surface area contributed by atoms with Crippen LogP contribution in [0.3, 0.4) is 0 Å². The summed E-state index contributed by atoms with van der Waals surface area (Å²) in [7, 11) is 1.86. The smallest absolute Gasteiger partial charge is 0.173 e. The fourth-order valence-electron chi connectivity index (χ4n) is 2.00. The molecular weight excluding hydrogens is 228 g/mol. The average Bonchev–Trinajstić information content (AvgIpc) is 2.39. The second-order valence-electron chi connectivity index (χ2n) is 3.80. The first-order valence-corrected chi connectivity index (χ1v) is 6.15. The maximum Gasteiger partial charge on any atom is 0.173 e. The van der Waals surface area contributed by atoms with Crippen LogP contribution in [0, 0.1) is 0 Å². The Hall–Kier alpha value is -1.61. The van der Waals surface area contributed by atoms with Gasteiger partial charge in [-0.1, -0.05) is 36.4 Å². The van der Waals surface area contributed by atoms with Gasteiger partial charge in [-0.3, -0.25) is 0 Å². The van der Waals surface area contributed by atoms with Gasteiger partial charge in [0.15, 0.2) is 5.11 Å². The van der Waals surface area contributed by atoms with Gasteiger partial charge in [0.2, 0.25) is 0 Å². The van der Waals surface area contributed by atoms with E-state index in [4.69, 9.17) is 12.2 Å². The van der Waals surface area contributed by atoms with E-state index in [-0.39, 0.29) is 0 Å². The van der Waals surface area contributed by atoms with Gasteiger partial charge in [-0.25, -0.2) is 0 Å². The van der Waals surface area contributed by atoms with E-state index in [0.717, 1.165) is 17.3 Å². The van der Waals surface area contributed by atoms with Crippen molar-refractivity contribution >= 4 is 33.8 Å². The lowest BCUT2D eigenvalue weighted by Crippen LogP contribution is -2.37. The fourth-order valence-corrected chi connectivity index (χ4v) is 2.23. The van der Waals surface area contributed by atoms with E-state index in [1.165, 1.54) is 10.8 Å². The molecule has 0 radical (unpaired) electrons. The molecule has 17 heavy (non-hydrogen) atoms. The van der Waals surface area contributed by atoms with Gasteiger partial charge in [-0.2, -0.15) is 0 Å². The number of thiocarbonyl (C=S) groups is 1. The minimum absolute atomic E-state index is 0.754. The highest BCUT2D eigenvalue weighted by molar-refractivity contribution is 7.80. The number of hydrogen-bond acceptors (Lipinski definition) is 1. The number of nitrogens with zero attached hydrogens (tertiary/aromatic N) is 1. The lowest BCUT2D eigenvalue weighted by atomic mass is 10.1. The molecule has 1 N–H and O–H groups in total. The highest BCUT2D eigenvalue weighted by atomic mass is 32.1. The van der Waals surface area contributed by atoms with E-state index in [0.29, 0.717) is 0 Å². The summed E-state index contributed by atoms with van der Waals surface area (Å²) in [6.07, 6.45) is 0. The quantitative estimate of drug-likeness (QED) is 0.817. The van der Waals surface area contributed by atoms with Crippen molar-refractivity contribution < 1.29 is 0 Å². The molecule has 0 unspecified atom stereocenters. The molecule has 0 aromatic heterocycles. The third kappa shape index (κ3) is 2.24. The topological polar surface area (TPSA) is 15.3 Å². The number of fused-ring (bicyclic) bond motifs is 1. The Morgan fingerprint density at radius 1 is 1.18 bits per heavy atom. The van der Waals surface area contributed by atoms with E-state index >= 15 is 0 Å². The van der Waals surface area contributed by atoms with Crippen molar-refractivity contribution in [3.05, 3.63) is 42.5 Å². The van der Waals surface area contributed by atoms with E-state index in [1.54, 1.807) is 0 Å². The number of hydrogen-bond donors (Lipinski definition) is 1. The monoisotopic (exact) mass is 244 g/mol. The van der Waals surface area contributed by atoms with Crippen LogP contribution in [-0.4, -0.2) is 18.7 Å². The normalized spacial score (nSPS) is 10.2. The summed E-state index contributed by atoms with van der Waals surface area (Å²) in [5.41, 5.74) is 1.16. The van der Waals surface area contributed by atoms with E-state index in [2.05, 4.69) is 59.6 Å². The fraction of sp³-hybridized carbons (Fsp3) is 0.214. The van der Waals surface area contributed by atoms with Crippen molar-refractivity contribution in [1.29, 1.82) is 0 Å². The van der Waals surface area contributed by atoms with Crippen molar-refractivity contribution in [2.45, 2.75) is 6.92 Å². The molecule has 0 aliphatic heterocycles. The molecular formula is C14H16N2S. The molecule has 3 heteroatoms. The van der Waals surface area contributed by atoms with Crippen LogP contribution in [0.2, 0.25) is 0 Å². The molecule has 0 saturated heterocycles. The van der Waals surface area contributed by atoms with Crippen molar-refractivity contribution in [1.82, 2.24) is 5.32 Å². The maximum atomic E-state index is 5.34. The number of rotatable bonds is 2. The molecule has 0 aliphatic carbocycles. The zero-order valence-electron chi connectivity index (χ0n) is 10.1. The van der Waals surface area contributed by atoms with Gasteiger partial charge in [-0.05, 0) is 30.6 Å². The first kappa shape index (κ1) is 11.9. The largest absolute Gasteiger partial charge is 0.365 e. The van der Waals surface area contributed by atoms with Gasteiger partial charge in [0.1, 0.15) is 0 Å². The Labute approximate surface area is 107 Å².